The molecule has 1 atom stereocenters. The first kappa shape index (κ1) is 11.0. The molecule has 13 heavy (non-hydrogen) atoms. The highest BCUT2D eigenvalue weighted by atomic mass is 16.5. The van der Waals surface area contributed by atoms with Crippen molar-refractivity contribution in [2.75, 3.05) is 32.8 Å². The summed E-state index contributed by atoms with van der Waals surface area (Å²) in [5, 5.41) is 0. The van der Waals surface area contributed by atoms with E-state index in [0.717, 1.165) is 45.7 Å². The third-order valence-electron chi connectivity index (χ3n) is 2.91. The van der Waals surface area contributed by atoms with Crippen LogP contribution in [0.25, 0.3) is 0 Å². The predicted molar refractivity (Wildman–Crippen MR) is 54.8 cm³/mol. The maximum Gasteiger partial charge on any atom is 0.0594 e. The quantitative estimate of drug-likeness (QED) is 0.707. The van der Waals surface area contributed by atoms with Crippen molar-refractivity contribution in [1.82, 2.24) is 4.90 Å². The van der Waals surface area contributed by atoms with E-state index in [9.17, 15) is 0 Å². The average Bonchev–Trinajstić information content (AvgIpc) is 2.17. The maximum absolute atomic E-state index is 6.08. The van der Waals surface area contributed by atoms with E-state index >= 15 is 0 Å². The summed E-state index contributed by atoms with van der Waals surface area (Å²) in [5.41, 5.74) is 6.09. The number of hydrogen-bond acceptors (Lipinski definition) is 3. The lowest BCUT2D eigenvalue weighted by Gasteiger charge is -2.30. The van der Waals surface area contributed by atoms with E-state index in [1.807, 2.05) is 0 Å². The van der Waals surface area contributed by atoms with E-state index in [1.165, 1.54) is 0 Å². The highest BCUT2D eigenvalue weighted by Gasteiger charge is 2.18. The van der Waals surface area contributed by atoms with Crippen molar-refractivity contribution in [2.24, 2.45) is 5.73 Å². The average molecular weight is 186 g/mol. The van der Waals surface area contributed by atoms with Gasteiger partial charge in [0.15, 0.2) is 0 Å². The predicted octanol–water partition coefficient (Wildman–Crippen LogP) is 0.836. The van der Waals surface area contributed by atoms with Gasteiger partial charge in [0.25, 0.3) is 0 Å². The topological polar surface area (TPSA) is 38.5 Å². The molecule has 0 radical (unpaired) electrons. The van der Waals surface area contributed by atoms with E-state index in [1.54, 1.807) is 0 Å². The molecular weight excluding hydrogens is 164 g/mol. The monoisotopic (exact) mass is 186 g/mol. The fraction of sp³-hybridized carbons (Fsp3) is 1.00. The summed E-state index contributed by atoms with van der Waals surface area (Å²) in [4.78, 5) is 2.43. The number of morpholine rings is 1. The minimum absolute atomic E-state index is 0.0122. The molecule has 0 aromatic carbocycles. The van der Waals surface area contributed by atoms with E-state index in [0.29, 0.717) is 0 Å². The van der Waals surface area contributed by atoms with Gasteiger partial charge in [-0.3, -0.25) is 4.90 Å². The highest BCUT2D eigenvalue weighted by Crippen LogP contribution is 2.11. The van der Waals surface area contributed by atoms with Crippen LogP contribution in [0.3, 0.4) is 0 Å². The number of rotatable bonds is 4. The molecule has 0 amide bonds. The Kier molecular flexibility index (Phi) is 4.16. The Morgan fingerprint density at radius 1 is 1.38 bits per heavy atom. The maximum atomic E-state index is 6.08. The van der Waals surface area contributed by atoms with Crippen molar-refractivity contribution < 1.29 is 4.74 Å². The molecule has 1 aliphatic rings. The van der Waals surface area contributed by atoms with Crippen LogP contribution >= 0.6 is 0 Å². The van der Waals surface area contributed by atoms with E-state index in [4.69, 9.17) is 10.5 Å². The summed E-state index contributed by atoms with van der Waals surface area (Å²) in [6.07, 6.45) is 2.14. The summed E-state index contributed by atoms with van der Waals surface area (Å²) in [7, 11) is 0. The molecule has 2 N–H and O–H groups in total. The third-order valence-corrected chi connectivity index (χ3v) is 2.91. The molecule has 3 heteroatoms. The fourth-order valence-corrected chi connectivity index (χ4v) is 1.42. The van der Waals surface area contributed by atoms with Crippen LogP contribution in [0.5, 0.6) is 0 Å². The first-order chi connectivity index (χ1) is 6.14. The van der Waals surface area contributed by atoms with Crippen LogP contribution in [0.4, 0.5) is 0 Å². The van der Waals surface area contributed by atoms with Crippen molar-refractivity contribution in [3.63, 3.8) is 0 Å². The molecule has 1 rings (SSSR count). The van der Waals surface area contributed by atoms with E-state index in [2.05, 4.69) is 18.7 Å². The Hall–Kier alpha value is -0.120. The minimum atomic E-state index is 0.0122. The lowest BCUT2D eigenvalue weighted by atomic mass is 9.96. The van der Waals surface area contributed by atoms with Crippen molar-refractivity contribution in [1.29, 1.82) is 0 Å². The molecule has 0 aliphatic carbocycles. The lowest BCUT2D eigenvalue weighted by molar-refractivity contribution is 0.0348. The molecule has 1 unspecified atom stereocenters. The van der Waals surface area contributed by atoms with Gasteiger partial charge in [0.1, 0.15) is 0 Å². The molecule has 1 heterocycles. The smallest absolute Gasteiger partial charge is 0.0594 e. The van der Waals surface area contributed by atoms with E-state index < -0.39 is 0 Å². The highest BCUT2D eigenvalue weighted by molar-refractivity contribution is 4.78. The molecule has 1 fully saturated rings. The molecule has 0 saturated carbocycles. The van der Waals surface area contributed by atoms with Gasteiger partial charge in [-0.05, 0) is 19.8 Å². The number of hydrogen-bond donors (Lipinski definition) is 1. The second-order valence-electron chi connectivity index (χ2n) is 4.21. The fourth-order valence-electron chi connectivity index (χ4n) is 1.42. The third kappa shape index (κ3) is 4.07. The Bertz CT molecular complexity index is 142. The second kappa shape index (κ2) is 4.94. The largest absolute Gasteiger partial charge is 0.379 e. The molecule has 0 bridgehead atoms. The summed E-state index contributed by atoms with van der Waals surface area (Å²) in [6.45, 7) is 9.30. The first-order valence-electron chi connectivity index (χ1n) is 5.23. The van der Waals surface area contributed by atoms with Gasteiger partial charge in [-0.25, -0.2) is 0 Å². The van der Waals surface area contributed by atoms with Crippen molar-refractivity contribution in [3.8, 4) is 0 Å². The molecular formula is C10H22N2O. The van der Waals surface area contributed by atoms with Gasteiger partial charge in [-0.2, -0.15) is 0 Å². The molecule has 0 aromatic rings. The van der Waals surface area contributed by atoms with Gasteiger partial charge in [-0.1, -0.05) is 6.92 Å². The Morgan fingerprint density at radius 3 is 2.54 bits per heavy atom. The minimum Gasteiger partial charge on any atom is -0.379 e. The van der Waals surface area contributed by atoms with Gasteiger partial charge >= 0.3 is 0 Å². The van der Waals surface area contributed by atoms with Crippen molar-refractivity contribution in [3.05, 3.63) is 0 Å². The van der Waals surface area contributed by atoms with Gasteiger partial charge in [0.05, 0.1) is 13.2 Å². The SMILES string of the molecule is CCC(C)(N)CCN1CCOCC1. The zero-order chi connectivity index (χ0) is 9.73. The normalized spacial score (nSPS) is 24.2. The molecule has 1 saturated heterocycles. The first-order valence-corrected chi connectivity index (χ1v) is 5.23. The van der Waals surface area contributed by atoms with Gasteiger partial charge in [0.2, 0.25) is 0 Å². The zero-order valence-corrected chi connectivity index (χ0v) is 8.88. The lowest BCUT2D eigenvalue weighted by Crippen LogP contribution is -2.43. The summed E-state index contributed by atoms with van der Waals surface area (Å²) in [5.74, 6) is 0. The van der Waals surface area contributed by atoms with Crippen LogP contribution in [0, 0.1) is 0 Å². The van der Waals surface area contributed by atoms with Gasteiger partial charge in [-0.15, -0.1) is 0 Å². The Balaban J connectivity index is 2.17. The second-order valence-corrected chi connectivity index (χ2v) is 4.21. The van der Waals surface area contributed by atoms with Gasteiger partial charge < -0.3 is 10.5 Å². The molecule has 0 aromatic heterocycles. The van der Waals surface area contributed by atoms with Crippen LogP contribution in [-0.4, -0.2) is 43.3 Å². The summed E-state index contributed by atoms with van der Waals surface area (Å²) < 4.78 is 5.29. The number of ether oxygens (including phenoxy) is 1. The van der Waals surface area contributed by atoms with Crippen LogP contribution in [0.2, 0.25) is 0 Å². The van der Waals surface area contributed by atoms with E-state index in [-0.39, 0.29) is 5.54 Å². The molecule has 3 nitrogen and oxygen atoms in total. The molecule has 78 valence electrons. The number of nitrogens with two attached hydrogens (primary N) is 1. The standard InChI is InChI=1S/C10H22N2O/c1-3-10(2,11)4-5-12-6-8-13-9-7-12/h3-9,11H2,1-2H3. The molecule has 0 spiro atoms. The van der Waals surface area contributed by atoms with Crippen molar-refractivity contribution >= 4 is 0 Å². The summed E-state index contributed by atoms with van der Waals surface area (Å²) >= 11 is 0. The van der Waals surface area contributed by atoms with Crippen LogP contribution < -0.4 is 5.73 Å². The summed E-state index contributed by atoms with van der Waals surface area (Å²) in [6, 6.07) is 0. The van der Waals surface area contributed by atoms with Crippen LogP contribution in [0.15, 0.2) is 0 Å². The molecule has 1 aliphatic heterocycles. The number of nitrogens with zero attached hydrogens (tertiary/aromatic N) is 1. The van der Waals surface area contributed by atoms with Crippen LogP contribution in [-0.2, 0) is 4.74 Å². The zero-order valence-electron chi connectivity index (χ0n) is 8.88. The van der Waals surface area contributed by atoms with Crippen LogP contribution in [0.1, 0.15) is 26.7 Å². The van der Waals surface area contributed by atoms with Crippen molar-refractivity contribution in [2.45, 2.75) is 32.2 Å². The van der Waals surface area contributed by atoms with Gasteiger partial charge in [0, 0.05) is 25.2 Å². The Morgan fingerprint density at radius 2 is 2.00 bits per heavy atom. The Labute approximate surface area is 81.2 Å².